The van der Waals surface area contributed by atoms with Gasteiger partial charge in [0.2, 0.25) is 5.01 Å². The molecule has 0 aliphatic carbocycles. The van der Waals surface area contributed by atoms with Gasteiger partial charge in [-0.05, 0) is 52.7 Å². The monoisotopic (exact) mass is 388 g/mol. The molecular weight excluding hydrogens is 364 g/mol. The van der Waals surface area contributed by atoms with Crippen molar-refractivity contribution in [3.8, 4) is 10.4 Å². The molecule has 0 aromatic carbocycles. The first-order valence-corrected chi connectivity index (χ1v) is 9.77. The summed E-state index contributed by atoms with van der Waals surface area (Å²) in [4.78, 5) is 35.3. The van der Waals surface area contributed by atoms with Crippen LogP contribution in [0.3, 0.4) is 0 Å². The number of carbonyl (C=O) groups excluding carboxylic acids is 1. The molecule has 0 unspecified atom stereocenters. The lowest BCUT2D eigenvalue weighted by molar-refractivity contribution is 0.0696. The second-order valence-corrected chi connectivity index (χ2v) is 8.80. The summed E-state index contributed by atoms with van der Waals surface area (Å²) in [6.45, 7) is 8.80. The van der Waals surface area contributed by atoms with Crippen LogP contribution in [0, 0.1) is 0 Å². The smallest absolute Gasteiger partial charge is 0.365 e. The number of nitrogens with one attached hydrogen (secondary N) is 1. The van der Waals surface area contributed by atoms with Gasteiger partial charge in [0, 0.05) is 29.9 Å². The summed E-state index contributed by atoms with van der Waals surface area (Å²) in [6, 6.07) is 3.80. The number of nitrogens with zero attached hydrogens (tertiary/aromatic N) is 3. The topological polar surface area (TPSA) is 95.4 Å². The third-order valence-electron chi connectivity index (χ3n) is 4.36. The average Bonchev–Trinajstić information content (AvgIpc) is 3.20. The number of aromatic carboxylic acids is 1. The Morgan fingerprint density at radius 3 is 2.59 bits per heavy atom. The van der Waals surface area contributed by atoms with Gasteiger partial charge < -0.3 is 15.3 Å². The van der Waals surface area contributed by atoms with Crippen molar-refractivity contribution < 1.29 is 14.7 Å². The molecule has 1 aliphatic rings. The van der Waals surface area contributed by atoms with Crippen LogP contribution in [0.25, 0.3) is 10.4 Å². The van der Waals surface area contributed by atoms with Gasteiger partial charge in [-0.2, -0.15) is 0 Å². The summed E-state index contributed by atoms with van der Waals surface area (Å²) >= 11 is 1.01. The van der Waals surface area contributed by atoms with Gasteiger partial charge in [0.25, 0.3) is 5.91 Å². The molecule has 3 rings (SSSR count). The third-order valence-corrected chi connectivity index (χ3v) is 5.45. The van der Waals surface area contributed by atoms with Gasteiger partial charge in [-0.3, -0.25) is 4.79 Å². The minimum absolute atomic E-state index is 0.0860. The number of anilines is 1. The van der Waals surface area contributed by atoms with E-state index >= 15 is 0 Å². The van der Waals surface area contributed by atoms with E-state index in [-0.39, 0.29) is 28.2 Å². The lowest BCUT2D eigenvalue weighted by Gasteiger charge is -2.21. The van der Waals surface area contributed by atoms with Crippen LogP contribution in [0.1, 0.15) is 60.8 Å². The van der Waals surface area contributed by atoms with Gasteiger partial charge in [0.15, 0.2) is 0 Å². The predicted molar refractivity (Wildman–Crippen MR) is 105 cm³/mol. The summed E-state index contributed by atoms with van der Waals surface area (Å²) < 4.78 is 0. The van der Waals surface area contributed by atoms with Crippen LogP contribution in [0.5, 0.6) is 0 Å². The molecule has 0 bridgehead atoms. The van der Waals surface area contributed by atoms with Gasteiger partial charge in [-0.15, -0.1) is 11.3 Å². The first-order chi connectivity index (χ1) is 12.7. The summed E-state index contributed by atoms with van der Waals surface area (Å²) in [7, 11) is 0. The van der Waals surface area contributed by atoms with Crippen LogP contribution in [0.2, 0.25) is 0 Å². The number of likely N-dealkylation sites (tertiary alicyclic amines) is 1. The number of pyridine rings is 1. The van der Waals surface area contributed by atoms with E-state index in [1.54, 1.807) is 11.1 Å². The number of amides is 1. The molecule has 1 aliphatic heterocycles. The molecule has 2 aromatic heterocycles. The van der Waals surface area contributed by atoms with Crippen LogP contribution in [-0.2, 0) is 0 Å². The number of thiazole rings is 1. The van der Waals surface area contributed by atoms with Crippen LogP contribution in [-0.4, -0.2) is 50.0 Å². The molecule has 27 heavy (non-hydrogen) atoms. The highest BCUT2D eigenvalue weighted by Crippen LogP contribution is 2.33. The molecule has 7 nitrogen and oxygen atoms in total. The van der Waals surface area contributed by atoms with Crippen molar-refractivity contribution in [2.24, 2.45) is 0 Å². The highest BCUT2D eigenvalue weighted by atomic mass is 32.1. The number of carboxylic acid groups (broad SMARTS) is 1. The molecule has 1 saturated heterocycles. The zero-order chi connectivity index (χ0) is 19.8. The Morgan fingerprint density at radius 1 is 1.33 bits per heavy atom. The third kappa shape index (κ3) is 4.27. The Bertz CT molecular complexity index is 855. The van der Waals surface area contributed by atoms with Crippen LogP contribution in [0.15, 0.2) is 18.3 Å². The molecular formula is C19H24N4O3S. The van der Waals surface area contributed by atoms with Crippen LogP contribution >= 0.6 is 11.3 Å². The second kappa shape index (κ2) is 7.26. The molecule has 0 radical (unpaired) electrons. The standard InChI is InChI=1S/C19H24N4O3S/c1-11-6-5-9-23(11)17(24)14-15(27-16(21-14)18(25)26)12-7-8-13(20-10-12)22-19(2,3)4/h7-8,10-11H,5-6,9H2,1-4H3,(H,20,22)(H,25,26)/t11-/m0/s1. The van der Waals surface area contributed by atoms with Gasteiger partial charge in [0.05, 0.1) is 4.88 Å². The Hall–Kier alpha value is -2.48. The fraction of sp³-hybridized carbons (Fsp3) is 0.474. The van der Waals surface area contributed by atoms with E-state index in [1.807, 2.05) is 39.8 Å². The summed E-state index contributed by atoms with van der Waals surface area (Å²) in [5.41, 5.74) is 0.766. The minimum atomic E-state index is -1.13. The maximum Gasteiger partial charge on any atom is 0.365 e. The molecule has 1 fully saturated rings. The first-order valence-electron chi connectivity index (χ1n) is 8.95. The van der Waals surface area contributed by atoms with Gasteiger partial charge in [-0.1, -0.05) is 0 Å². The molecule has 3 heterocycles. The lowest BCUT2D eigenvalue weighted by atomic mass is 10.1. The largest absolute Gasteiger partial charge is 0.476 e. The minimum Gasteiger partial charge on any atom is -0.476 e. The van der Waals surface area contributed by atoms with Crippen molar-refractivity contribution >= 4 is 29.0 Å². The number of hydrogen-bond donors (Lipinski definition) is 2. The van der Waals surface area contributed by atoms with Crippen molar-refractivity contribution in [3.63, 3.8) is 0 Å². The van der Waals surface area contributed by atoms with Crippen molar-refractivity contribution in [1.82, 2.24) is 14.9 Å². The Morgan fingerprint density at radius 2 is 2.07 bits per heavy atom. The number of hydrogen-bond acceptors (Lipinski definition) is 6. The molecule has 0 saturated carbocycles. The van der Waals surface area contributed by atoms with E-state index in [2.05, 4.69) is 15.3 Å². The molecule has 1 atom stereocenters. The van der Waals surface area contributed by atoms with Crippen molar-refractivity contribution in [2.45, 2.75) is 52.1 Å². The molecule has 1 amide bonds. The van der Waals surface area contributed by atoms with Gasteiger partial charge in [0.1, 0.15) is 11.5 Å². The zero-order valence-corrected chi connectivity index (χ0v) is 16.8. The molecule has 8 heteroatoms. The first kappa shape index (κ1) is 19.3. The van der Waals surface area contributed by atoms with Crippen molar-refractivity contribution in [2.75, 3.05) is 11.9 Å². The maximum atomic E-state index is 13.0. The summed E-state index contributed by atoms with van der Waals surface area (Å²) in [6.07, 6.45) is 3.55. The summed E-state index contributed by atoms with van der Waals surface area (Å²) in [5.74, 6) is -0.625. The van der Waals surface area contributed by atoms with Crippen LogP contribution in [0.4, 0.5) is 5.82 Å². The Labute approximate surface area is 162 Å². The molecule has 2 N–H and O–H groups in total. The Kier molecular flexibility index (Phi) is 5.19. The van der Waals surface area contributed by atoms with Crippen LogP contribution < -0.4 is 5.32 Å². The van der Waals surface area contributed by atoms with E-state index in [1.165, 1.54) is 0 Å². The fourth-order valence-electron chi connectivity index (χ4n) is 3.11. The lowest BCUT2D eigenvalue weighted by Crippen LogP contribution is -2.34. The number of rotatable bonds is 4. The second-order valence-electron chi connectivity index (χ2n) is 7.80. The predicted octanol–water partition coefficient (Wildman–Crippen LogP) is 3.74. The summed E-state index contributed by atoms with van der Waals surface area (Å²) in [5, 5.41) is 12.5. The molecule has 144 valence electrons. The Balaban J connectivity index is 1.96. The SMILES string of the molecule is C[C@H]1CCCN1C(=O)c1nc(C(=O)O)sc1-c1ccc(NC(C)(C)C)nc1. The average molecular weight is 388 g/mol. The number of carboxylic acids is 1. The van der Waals surface area contributed by atoms with E-state index in [0.29, 0.717) is 17.0 Å². The van der Waals surface area contributed by atoms with Gasteiger partial charge in [-0.25, -0.2) is 14.8 Å². The normalized spacial score (nSPS) is 17.2. The fourth-order valence-corrected chi connectivity index (χ4v) is 4.00. The number of aromatic nitrogens is 2. The molecule has 2 aromatic rings. The molecule has 0 spiro atoms. The van der Waals surface area contributed by atoms with E-state index in [0.717, 1.165) is 30.0 Å². The van der Waals surface area contributed by atoms with E-state index in [9.17, 15) is 14.7 Å². The highest BCUT2D eigenvalue weighted by Gasteiger charge is 2.31. The van der Waals surface area contributed by atoms with E-state index < -0.39 is 5.97 Å². The quantitative estimate of drug-likeness (QED) is 0.828. The van der Waals surface area contributed by atoms with E-state index in [4.69, 9.17) is 0 Å². The highest BCUT2D eigenvalue weighted by molar-refractivity contribution is 7.17. The van der Waals surface area contributed by atoms with Crippen molar-refractivity contribution in [1.29, 1.82) is 0 Å². The van der Waals surface area contributed by atoms with Gasteiger partial charge >= 0.3 is 5.97 Å². The maximum absolute atomic E-state index is 13.0. The number of carbonyl (C=O) groups is 2. The zero-order valence-electron chi connectivity index (χ0n) is 15.9. The van der Waals surface area contributed by atoms with Crippen molar-refractivity contribution in [3.05, 3.63) is 29.0 Å².